The Hall–Kier alpha value is -0.120. The van der Waals surface area contributed by atoms with Crippen LogP contribution in [-0.4, -0.2) is 60.8 Å². The third kappa shape index (κ3) is 3.67. The van der Waals surface area contributed by atoms with Crippen molar-refractivity contribution in [2.45, 2.75) is 58.2 Å². The van der Waals surface area contributed by atoms with E-state index in [0.29, 0.717) is 11.6 Å². The van der Waals surface area contributed by atoms with Crippen LogP contribution in [0.15, 0.2) is 0 Å². The predicted octanol–water partition coefficient (Wildman–Crippen LogP) is 2.22. The molecule has 0 bridgehead atoms. The zero-order chi connectivity index (χ0) is 13.3. The maximum absolute atomic E-state index is 5.16. The van der Waals surface area contributed by atoms with Crippen LogP contribution in [0, 0.1) is 0 Å². The molecule has 1 aliphatic heterocycles. The van der Waals surface area contributed by atoms with E-state index in [1.165, 1.54) is 6.42 Å². The topological polar surface area (TPSA) is 15.7 Å². The largest absolute Gasteiger partial charge is 0.383 e. The first kappa shape index (κ1) is 14.9. The zero-order valence-electron chi connectivity index (χ0n) is 12.7. The van der Waals surface area contributed by atoms with E-state index in [2.05, 4.69) is 51.5 Å². The van der Waals surface area contributed by atoms with Crippen molar-refractivity contribution in [2.75, 3.05) is 33.9 Å². The molecule has 3 heteroatoms. The highest BCUT2D eigenvalue weighted by Gasteiger charge is 2.44. The van der Waals surface area contributed by atoms with Gasteiger partial charge < -0.3 is 4.74 Å². The standard InChI is InChI=1S/C14H30N2O/c1-13(2,3)16-11-12(10-14(16,4)5)15(6)8-9-17-7/h12H,8-11H2,1-7H3/t12-/m0/s1. The fraction of sp³-hybridized carbons (Fsp3) is 1.00. The molecule has 1 rings (SSSR count). The molecule has 1 fully saturated rings. The summed E-state index contributed by atoms with van der Waals surface area (Å²) in [7, 11) is 3.99. The molecule has 102 valence electrons. The van der Waals surface area contributed by atoms with E-state index in [9.17, 15) is 0 Å². The lowest BCUT2D eigenvalue weighted by molar-refractivity contribution is 0.0651. The average Bonchev–Trinajstić information content (AvgIpc) is 2.50. The molecule has 0 aromatic heterocycles. The van der Waals surface area contributed by atoms with Crippen LogP contribution in [0.3, 0.4) is 0 Å². The maximum Gasteiger partial charge on any atom is 0.0589 e. The number of hydrogen-bond donors (Lipinski definition) is 0. The molecule has 1 saturated heterocycles. The van der Waals surface area contributed by atoms with Crippen molar-refractivity contribution < 1.29 is 4.74 Å². The van der Waals surface area contributed by atoms with Gasteiger partial charge in [0.1, 0.15) is 0 Å². The second kappa shape index (κ2) is 5.25. The number of hydrogen-bond acceptors (Lipinski definition) is 3. The van der Waals surface area contributed by atoms with Crippen LogP contribution in [-0.2, 0) is 4.74 Å². The van der Waals surface area contributed by atoms with Gasteiger partial charge in [0.2, 0.25) is 0 Å². The van der Waals surface area contributed by atoms with E-state index in [1.807, 2.05) is 0 Å². The number of likely N-dealkylation sites (N-methyl/N-ethyl adjacent to an activating group) is 1. The van der Waals surface area contributed by atoms with Gasteiger partial charge in [0.15, 0.2) is 0 Å². The molecule has 1 heterocycles. The Morgan fingerprint density at radius 1 is 1.35 bits per heavy atom. The van der Waals surface area contributed by atoms with Crippen molar-refractivity contribution in [3.8, 4) is 0 Å². The molecule has 0 amide bonds. The molecular formula is C14H30N2O. The predicted molar refractivity (Wildman–Crippen MR) is 73.4 cm³/mol. The van der Waals surface area contributed by atoms with Gasteiger partial charge in [0.25, 0.3) is 0 Å². The fourth-order valence-electron chi connectivity index (χ4n) is 3.10. The Morgan fingerprint density at radius 3 is 2.35 bits per heavy atom. The summed E-state index contributed by atoms with van der Waals surface area (Å²) < 4.78 is 5.16. The van der Waals surface area contributed by atoms with Gasteiger partial charge >= 0.3 is 0 Å². The van der Waals surface area contributed by atoms with Crippen LogP contribution in [0.2, 0.25) is 0 Å². The summed E-state index contributed by atoms with van der Waals surface area (Å²) in [6, 6.07) is 0.652. The lowest BCUT2D eigenvalue weighted by Crippen LogP contribution is -2.50. The Bertz CT molecular complexity index is 245. The second-order valence-electron chi connectivity index (χ2n) is 6.93. The summed E-state index contributed by atoms with van der Waals surface area (Å²) in [4.78, 5) is 5.07. The smallest absolute Gasteiger partial charge is 0.0589 e. The minimum Gasteiger partial charge on any atom is -0.383 e. The van der Waals surface area contributed by atoms with Crippen LogP contribution in [0.25, 0.3) is 0 Å². The number of methoxy groups -OCH3 is 1. The number of ether oxygens (including phenoxy) is 1. The van der Waals surface area contributed by atoms with Gasteiger partial charge in [-0.1, -0.05) is 0 Å². The number of likely N-dealkylation sites (tertiary alicyclic amines) is 1. The number of rotatable bonds is 4. The van der Waals surface area contributed by atoms with Gasteiger partial charge in [-0.3, -0.25) is 9.80 Å². The molecule has 0 aromatic rings. The summed E-state index contributed by atoms with van der Waals surface area (Å²) in [5.74, 6) is 0. The molecule has 0 aromatic carbocycles. The molecule has 0 N–H and O–H groups in total. The van der Waals surface area contributed by atoms with Gasteiger partial charge in [-0.15, -0.1) is 0 Å². The monoisotopic (exact) mass is 242 g/mol. The molecule has 0 spiro atoms. The van der Waals surface area contributed by atoms with E-state index in [0.717, 1.165) is 19.7 Å². The van der Waals surface area contributed by atoms with E-state index < -0.39 is 0 Å². The molecule has 1 atom stereocenters. The van der Waals surface area contributed by atoms with Gasteiger partial charge in [-0.2, -0.15) is 0 Å². The first-order chi connectivity index (χ1) is 7.68. The third-order valence-electron chi connectivity index (χ3n) is 3.94. The molecular weight excluding hydrogens is 212 g/mol. The van der Waals surface area contributed by atoms with E-state index in [4.69, 9.17) is 4.74 Å². The van der Waals surface area contributed by atoms with Crippen molar-refractivity contribution in [3.63, 3.8) is 0 Å². The Labute approximate surface area is 107 Å². The van der Waals surface area contributed by atoms with Gasteiger partial charge in [-0.05, 0) is 48.1 Å². The molecule has 0 saturated carbocycles. The normalized spacial score (nSPS) is 25.8. The third-order valence-corrected chi connectivity index (χ3v) is 3.94. The van der Waals surface area contributed by atoms with Crippen molar-refractivity contribution in [1.29, 1.82) is 0 Å². The SMILES string of the molecule is COCCN(C)[C@@H]1CN(C(C)(C)C)C(C)(C)C1. The van der Waals surface area contributed by atoms with Crippen molar-refractivity contribution >= 4 is 0 Å². The summed E-state index contributed by atoms with van der Waals surface area (Å²) in [5, 5.41) is 0. The Kier molecular flexibility index (Phi) is 4.61. The Balaban J connectivity index is 2.64. The van der Waals surface area contributed by atoms with Gasteiger partial charge in [0.05, 0.1) is 6.61 Å². The maximum atomic E-state index is 5.16. The first-order valence-electron chi connectivity index (χ1n) is 6.65. The second-order valence-corrected chi connectivity index (χ2v) is 6.93. The molecule has 0 aliphatic carbocycles. The molecule has 3 nitrogen and oxygen atoms in total. The minimum atomic E-state index is 0.250. The fourth-order valence-corrected chi connectivity index (χ4v) is 3.10. The molecule has 17 heavy (non-hydrogen) atoms. The van der Waals surface area contributed by atoms with Crippen LogP contribution >= 0.6 is 0 Å². The minimum absolute atomic E-state index is 0.250. The van der Waals surface area contributed by atoms with Crippen LogP contribution in [0.4, 0.5) is 0 Å². The summed E-state index contributed by atoms with van der Waals surface area (Å²) in [6.45, 7) is 14.7. The average molecular weight is 242 g/mol. The lowest BCUT2D eigenvalue weighted by atomic mass is 9.95. The van der Waals surface area contributed by atoms with E-state index in [-0.39, 0.29) is 5.54 Å². The summed E-state index contributed by atoms with van der Waals surface area (Å²) in [5.41, 5.74) is 0.546. The zero-order valence-corrected chi connectivity index (χ0v) is 12.7. The molecule has 1 aliphatic rings. The Morgan fingerprint density at radius 2 is 1.94 bits per heavy atom. The van der Waals surface area contributed by atoms with Crippen molar-refractivity contribution in [1.82, 2.24) is 9.80 Å². The molecule has 0 unspecified atom stereocenters. The lowest BCUT2D eigenvalue weighted by Gasteiger charge is -2.42. The van der Waals surface area contributed by atoms with Crippen LogP contribution < -0.4 is 0 Å². The highest BCUT2D eigenvalue weighted by molar-refractivity contribution is 5.01. The van der Waals surface area contributed by atoms with Gasteiger partial charge in [-0.25, -0.2) is 0 Å². The van der Waals surface area contributed by atoms with Crippen LogP contribution in [0.5, 0.6) is 0 Å². The molecule has 0 radical (unpaired) electrons. The van der Waals surface area contributed by atoms with E-state index in [1.54, 1.807) is 7.11 Å². The van der Waals surface area contributed by atoms with Crippen molar-refractivity contribution in [3.05, 3.63) is 0 Å². The van der Waals surface area contributed by atoms with Crippen LogP contribution in [0.1, 0.15) is 41.0 Å². The highest BCUT2D eigenvalue weighted by atomic mass is 16.5. The quantitative estimate of drug-likeness (QED) is 0.752. The highest BCUT2D eigenvalue weighted by Crippen LogP contribution is 2.36. The van der Waals surface area contributed by atoms with Crippen molar-refractivity contribution in [2.24, 2.45) is 0 Å². The van der Waals surface area contributed by atoms with E-state index >= 15 is 0 Å². The number of nitrogens with zero attached hydrogens (tertiary/aromatic N) is 2. The summed E-state index contributed by atoms with van der Waals surface area (Å²) >= 11 is 0. The van der Waals surface area contributed by atoms with Gasteiger partial charge in [0, 0.05) is 37.3 Å². The summed E-state index contributed by atoms with van der Waals surface area (Å²) in [6.07, 6.45) is 1.24. The first-order valence-corrected chi connectivity index (χ1v) is 6.65.